The topological polar surface area (TPSA) is 27.7 Å². The lowest BCUT2D eigenvalue weighted by atomic mass is 9.80. The SMILES string of the molecule is C1CC2OCC1CC2OC1CC2CCC1OC2. The average molecular weight is 238 g/mol. The molecule has 6 rings (SSSR count). The summed E-state index contributed by atoms with van der Waals surface area (Å²) in [5, 5.41) is 0. The first-order valence-electron chi connectivity index (χ1n) is 7.27. The Bertz CT molecular complexity index is 249. The molecule has 0 aromatic rings. The fourth-order valence-corrected chi connectivity index (χ4v) is 4.08. The standard InChI is InChI=1S/C14H22O3/c1-3-11-13(5-9(1)7-15-11)17-14-6-10-2-4-12(14)16-8-10/h9-14H,1-8H2. The van der Waals surface area contributed by atoms with Crippen LogP contribution < -0.4 is 0 Å². The fraction of sp³-hybridized carbons (Fsp3) is 1.00. The summed E-state index contributed by atoms with van der Waals surface area (Å²) < 4.78 is 18.0. The molecule has 3 heteroatoms. The van der Waals surface area contributed by atoms with E-state index < -0.39 is 0 Å². The van der Waals surface area contributed by atoms with E-state index in [1.54, 1.807) is 0 Å². The van der Waals surface area contributed by atoms with Crippen LogP contribution in [0.1, 0.15) is 38.5 Å². The highest BCUT2D eigenvalue weighted by Crippen LogP contribution is 2.39. The Labute approximate surface area is 103 Å². The summed E-state index contributed by atoms with van der Waals surface area (Å²) in [7, 11) is 0. The van der Waals surface area contributed by atoms with Crippen LogP contribution in [0.2, 0.25) is 0 Å². The van der Waals surface area contributed by atoms with E-state index >= 15 is 0 Å². The number of hydrogen-bond donors (Lipinski definition) is 0. The highest BCUT2D eigenvalue weighted by molar-refractivity contribution is 4.91. The molecule has 0 spiro atoms. The van der Waals surface area contributed by atoms with Gasteiger partial charge in [-0.05, 0) is 50.4 Å². The van der Waals surface area contributed by atoms with Gasteiger partial charge in [-0.1, -0.05) is 0 Å². The van der Waals surface area contributed by atoms with Crippen molar-refractivity contribution in [2.75, 3.05) is 13.2 Å². The van der Waals surface area contributed by atoms with Gasteiger partial charge < -0.3 is 14.2 Å². The lowest BCUT2D eigenvalue weighted by Crippen LogP contribution is -2.52. The molecule has 0 aromatic heterocycles. The molecule has 4 heterocycles. The predicted octanol–water partition coefficient (Wildman–Crippen LogP) is 2.14. The average Bonchev–Trinajstić information content (AvgIpc) is 2.41. The molecule has 3 nitrogen and oxygen atoms in total. The lowest BCUT2D eigenvalue weighted by Gasteiger charge is -2.47. The second-order valence-electron chi connectivity index (χ2n) is 6.31. The second kappa shape index (κ2) is 4.22. The van der Waals surface area contributed by atoms with E-state index in [1.165, 1.54) is 38.5 Å². The molecule has 0 N–H and O–H groups in total. The minimum absolute atomic E-state index is 0.357. The van der Waals surface area contributed by atoms with E-state index in [9.17, 15) is 0 Å². The molecular formula is C14H22O3. The predicted molar refractivity (Wildman–Crippen MR) is 62.8 cm³/mol. The van der Waals surface area contributed by atoms with Gasteiger partial charge in [-0.25, -0.2) is 0 Å². The van der Waals surface area contributed by atoms with Gasteiger partial charge >= 0.3 is 0 Å². The Morgan fingerprint density at radius 2 is 1.24 bits per heavy atom. The molecule has 6 unspecified atom stereocenters. The van der Waals surface area contributed by atoms with Crippen LogP contribution in [0.25, 0.3) is 0 Å². The summed E-state index contributed by atoms with van der Waals surface area (Å²) in [6, 6.07) is 0. The van der Waals surface area contributed by atoms with Gasteiger partial charge in [0.05, 0.1) is 24.4 Å². The van der Waals surface area contributed by atoms with Crippen molar-refractivity contribution in [1.82, 2.24) is 0 Å². The quantitative estimate of drug-likeness (QED) is 0.737. The largest absolute Gasteiger partial charge is 0.375 e. The van der Waals surface area contributed by atoms with E-state index in [0.717, 1.165) is 25.0 Å². The third-order valence-corrected chi connectivity index (χ3v) is 5.12. The van der Waals surface area contributed by atoms with E-state index in [4.69, 9.17) is 14.2 Å². The molecule has 6 fully saturated rings. The van der Waals surface area contributed by atoms with Crippen molar-refractivity contribution in [3.63, 3.8) is 0 Å². The van der Waals surface area contributed by atoms with Crippen LogP contribution >= 0.6 is 0 Å². The first-order chi connectivity index (χ1) is 8.38. The van der Waals surface area contributed by atoms with Gasteiger partial charge in [0, 0.05) is 13.2 Å². The number of rotatable bonds is 2. The number of hydrogen-bond acceptors (Lipinski definition) is 3. The van der Waals surface area contributed by atoms with E-state index in [2.05, 4.69) is 0 Å². The Hall–Kier alpha value is -0.120. The fourth-order valence-electron chi connectivity index (χ4n) is 4.08. The lowest BCUT2D eigenvalue weighted by molar-refractivity contribution is -0.222. The van der Waals surface area contributed by atoms with Gasteiger partial charge in [0.2, 0.25) is 0 Å². The van der Waals surface area contributed by atoms with Gasteiger partial charge in [-0.2, -0.15) is 0 Å². The van der Waals surface area contributed by atoms with Crippen LogP contribution in [-0.4, -0.2) is 37.6 Å². The highest BCUT2D eigenvalue weighted by Gasteiger charge is 2.43. The van der Waals surface area contributed by atoms with Crippen molar-refractivity contribution in [2.45, 2.75) is 62.9 Å². The molecule has 4 saturated heterocycles. The van der Waals surface area contributed by atoms with Gasteiger partial charge in [0.25, 0.3) is 0 Å². The molecular weight excluding hydrogens is 216 g/mol. The van der Waals surface area contributed by atoms with Gasteiger partial charge in [-0.15, -0.1) is 0 Å². The smallest absolute Gasteiger partial charge is 0.0845 e. The van der Waals surface area contributed by atoms with Crippen LogP contribution in [0.5, 0.6) is 0 Å². The molecule has 0 radical (unpaired) electrons. The van der Waals surface area contributed by atoms with Crippen molar-refractivity contribution in [1.29, 1.82) is 0 Å². The van der Waals surface area contributed by atoms with Crippen molar-refractivity contribution >= 4 is 0 Å². The summed E-state index contributed by atoms with van der Waals surface area (Å²) in [4.78, 5) is 0. The molecule has 17 heavy (non-hydrogen) atoms. The zero-order chi connectivity index (χ0) is 11.2. The zero-order valence-corrected chi connectivity index (χ0v) is 10.3. The van der Waals surface area contributed by atoms with Crippen LogP contribution in [-0.2, 0) is 14.2 Å². The molecule has 0 aromatic carbocycles. The molecule has 0 amide bonds. The highest BCUT2D eigenvalue weighted by atomic mass is 16.6. The van der Waals surface area contributed by atoms with Crippen molar-refractivity contribution in [3.8, 4) is 0 Å². The summed E-state index contributed by atoms with van der Waals surface area (Å²) >= 11 is 0. The number of ether oxygens (including phenoxy) is 3. The summed E-state index contributed by atoms with van der Waals surface area (Å²) in [5.41, 5.74) is 0. The Morgan fingerprint density at radius 3 is 1.53 bits per heavy atom. The second-order valence-corrected chi connectivity index (χ2v) is 6.31. The third-order valence-electron chi connectivity index (χ3n) is 5.12. The molecule has 96 valence electrons. The van der Waals surface area contributed by atoms with Crippen LogP contribution in [0, 0.1) is 11.8 Å². The van der Waals surface area contributed by atoms with E-state index in [1.807, 2.05) is 0 Å². The maximum absolute atomic E-state index is 6.35. The summed E-state index contributed by atoms with van der Waals surface area (Å²) in [5.74, 6) is 1.51. The van der Waals surface area contributed by atoms with Crippen LogP contribution in [0.4, 0.5) is 0 Å². The van der Waals surface area contributed by atoms with Crippen molar-refractivity contribution in [3.05, 3.63) is 0 Å². The van der Waals surface area contributed by atoms with E-state index in [-0.39, 0.29) is 0 Å². The van der Waals surface area contributed by atoms with Crippen molar-refractivity contribution in [2.24, 2.45) is 11.8 Å². The van der Waals surface area contributed by atoms with E-state index in [0.29, 0.717) is 24.4 Å². The van der Waals surface area contributed by atoms with Crippen LogP contribution in [0.3, 0.4) is 0 Å². The number of fused-ring (bicyclic) bond motifs is 6. The minimum Gasteiger partial charge on any atom is -0.375 e. The molecule has 6 aliphatic rings. The first-order valence-corrected chi connectivity index (χ1v) is 7.27. The maximum Gasteiger partial charge on any atom is 0.0845 e. The molecule has 6 atom stereocenters. The molecule has 4 bridgehead atoms. The summed E-state index contributed by atoms with van der Waals surface area (Å²) in [6.45, 7) is 1.94. The maximum atomic E-state index is 6.35. The Morgan fingerprint density at radius 1 is 0.706 bits per heavy atom. The monoisotopic (exact) mass is 238 g/mol. The van der Waals surface area contributed by atoms with Gasteiger partial charge in [0.15, 0.2) is 0 Å². The zero-order valence-electron chi connectivity index (χ0n) is 10.3. The third kappa shape index (κ3) is 1.92. The van der Waals surface area contributed by atoms with Gasteiger partial charge in [-0.3, -0.25) is 0 Å². The normalized spacial score (nSPS) is 52.9. The van der Waals surface area contributed by atoms with Crippen LogP contribution in [0.15, 0.2) is 0 Å². The Kier molecular flexibility index (Phi) is 2.67. The molecule has 4 aliphatic heterocycles. The summed E-state index contributed by atoms with van der Waals surface area (Å²) in [6.07, 6.45) is 9.01. The van der Waals surface area contributed by atoms with Gasteiger partial charge in [0.1, 0.15) is 0 Å². The molecule has 2 saturated carbocycles. The Balaban J connectivity index is 1.41. The van der Waals surface area contributed by atoms with Crippen molar-refractivity contribution < 1.29 is 14.2 Å². The first kappa shape index (κ1) is 10.8. The minimum atomic E-state index is 0.357. The molecule has 2 aliphatic carbocycles.